The molecule has 0 saturated heterocycles. The van der Waals surface area contributed by atoms with E-state index in [4.69, 9.17) is 11.5 Å². The maximum absolute atomic E-state index is 12.1. The fraction of sp³-hybridized carbons (Fsp3) is 0.385. The summed E-state index contributed by atoms with van der Waals surface area (Å²) < 4.78 is 1.41. The highest BCUT2D eigenvalue weighted by Crippen LogP contribution is 2.20. The van der Waals surface area contributed by atoms with E-state index in [9.17, 15) is 19.7 Å². The van der Waals surface area contributed by atoms with Gasteiger partial charge in [0.15, 0.2) is 0 Å². The van der Waals surface area contributed by atoms with E-state index in [1.54, 1.807) is 13.8 Å². The Bertz CT molecular complexity index is 612. The SMILES string of the molecule is C#CCC(NC(=O)c1cc([N+](=O)[O-])cn1C(C)C)C(=O)O. The first-order valence-electron chi connectivity index (χ1n) is 6.11. The van der Waals surface area contributed by atoms with E-state index >= 15 is 0 Å². The van der Waals surface area contributed by atoms with Crippen LogP contribution in [-0.4, -0.2) is 32.5 Å². The lowest BCUT2D eigenvalue weighted by atomic mass is 10.2. The number of rotatable bonds is 6. The molecule has 8 nitrogen and oxygen atoms in total. The Hall–Kier alpha value is -2.82. The molecule has 1 rings (SSSR count). The van der Waals surface area contributed by atoms with Crippen molar-refractivity contribution in [2.24, 2.45) is 0 Å². The zero-order chi connectivity index (χ0) is 16.2. The molecule has 8 heteroatoms. The third-order valence-electron chi connectivity index (χ3n) is 2.76. The van der Waals surface area contributed by atoms with Gasteiger partial charge >= 0.3 is 5.97 Å². The molecule has 1 unspecified atom stereocenters. The number of aromatic nitrogens is 1. The number of hydrogen-bond donors (Lipinski definition) is 2. The summed E-state index contributed by atoms with van der Waals surface area (Å²) in [6.45, 7) is 3.49. The van der Waals surface area contributed by atoms with Crippen LogP contribution in [0.25, 0.3) is 0 Å². The lowest BCUT2D eigenvalue weighted by molar-refractivity contribution is -0.384. The number of nitro groups is 1. The Labute approximate surface area is 120 Å². The molecule has 0 bridgehead atoms. The van der Waals surface area contributed by atoms with Crippen LogP contribution in [0.4, 0.5) is 5.69 Å². The van der Waals surface area contributed by atoms with E-state index in [-0.39, 0.29) is 23.8 Å². The second kappa shape index (κ2) is 6.56. The summed E-state index contributed by atoms with van der Waals surface area (Å²) in [7, 11) is 0. The first kappa shape index (κ1) is 16.2. The number of carbonyl (C=O) groups excluding carboxylic acids is 1. The smallest absolute Gasteiger partial charge is 0.327 e. The molecule has 21 heavy (non-hydrogen) atoms. The molecular formula is C13H15N3O5. The Morgan fingerprint density at radius 1 is 1.57 bits per heavy atom. The minimum atomic E-state index is -1.27. The van der Waals surface area contributed by atoms with Crippen molar-refractivity contribution in [3.63, 3.8) is 0 Å². The quantitative estimate of drug-likeness (QED) is 0.464. The molecule has 1 aromatic rings. The van der Waals surface area contributed by atoms with Crippen LogP contribution in [0.3, 0.4) is 0 Å². The summed E-state index contributed by atoms with van der Waals surface area (Å²) in [5.41, 5.74) is -0.224. The van der Waals surface area contributed by atoms with E-state index in [0.29, 0.717) is 0 Å². The van der Waals surface area contributed by atoms with Crippen molar-refractivity contribution in [2.45, 2.75) is 32.4 Å². The number of terminal acetylenes is 1. The molecule has 0 radical (unpaired) electrons. The minimum absolute atomic E-state index is 0.0139. The van der Waals surface area contributed by atoms with Crippen molar-refractivity contribution < 1.29 is 19.6 Å². The van der Waals surface area contributed by atoms with Crippen LogP contribution in [0, 0.1) is 22.5 Å². The highest BCUT2D eigenvalue weighted by Gasteiger charge is 2.25. The van der Waals surface area contributed by atoms with Gasteiger partial charge in [0.1, 0.15) is 11.7 Å². The van der Waals surface area contributed by atoms with Crippen LogP contribution >= 0.6 is 0 Å². The molecule has 0 aliphatic heterocycles. The summed E-state index contributed by atoms with van der Waals surface area (Å²) in [5.74, 6) is 0.168. The number of carboxylic acids is 1. The highest BCUT2D eigenvalue weighted by atomic mass is 16.6. The number of nitrogens with one attached hydrogen (secondary N) is 1. The molecule has 0 fully saturated rings. The van der Waals surface area contributed by atoms with Crippen LogP contribution in [-0.2, 0) is 4.79 Å². The first-order chi connectivity index (χ1) is 9.77. The molecule has 112 valence electrons. The molecule has 1 aromatic heterocycles. The standard InChI is InChI=1S/C13H15N3O5/c1-4-5-10(13(18)19)14-12(17)11-6-9(16(20)21)7-15(11)8(2)3/h1,6-8,10H,5H2,2-3H3,(H,14,17)(H,18,19). The van der Waals surface area contributed by atoms with Crippen LogP contribution < -0.4 is 5.32 Å². The molecule has 0 spiro atoms. The van der Waals surface area contributed by atoms with Gasteiger partial charge in [0.2, 0.25) is 0 Å². The fourth-order valence-corrected chi connectivity index (χ4v) is 1.72. The lowest BCUT2D eigenvalue weighted by Crippen LogP contribution is -2.41. The number of carbonyl (C=O) groups is 2. The molecule has 1 heterocycles. The van der Waals surface area contributed by atoms with Gasteiger partial charge in [-0.3, -0.25) is 14.9 Å². The zero-order valence-electron chi connectivity index (χ0n) is 11.6. The highest BCUT2D eigenvalue weighted by molar-refractivity contribution is 5.96. The van der Waals surface area contributed by atoms with Gasteiger partial charge in [-0.25, -0.2) is 4.79 Å². The Morgan fingerprint density at radius 2 is 2.19 bits per heavy atom. The summed E-state index contributed by atoms with van der Waals surface area (Å²) in [6, 6.07) is -0.336. The number of carboxylic acid groups (broad SMARTS) is 1. The predicted molar refractivity (Wildman–Crippen MR) is 73.8 cm³/mol. The maximum atomic E-state index is 12.1. The van der Waals surface area contributed by atoms with Gasteiger partial charge in [-0.2, -0.15) is 0 Å². The summed E-state index contributed by atoms with van der Waals surface area (Å²) >= 11 is 0. The van der Waals surface area contributed by atoms with Crippen LogP contribution in [0.2, 0.25) is 0 Å². The van der Waals surface area contributed by atoms with Gasteiger partial charge in [-0.15, -0.1) is 12.3 Å². The van der Waals surface area contributed by atoms with Crippen molar-refractivity contribution in [3.8, 4) is 12.3 Å². The van der Waals surface area contributed by atoms with Gasteiger partial charge in [0.05, 0.1) is 11.1 Å². The molecule has 2 N–H and O–H groups in total. The summed E-state index contributed by atoms with van der Waals surface area (Å²) in [4.78, 5) is 33.2. The molecule has 0 aliphatic rings. The monoisotopic (exact) mass is 293 g/mol. The third kappa shape index (κ3) is 3.82. The predicted octanol–water partition coefficient (Wildman–Crippen LogP) is 1.18. The molecule has 1 amide bonds. The largest absolute Gasteiger partial charge is 0.480 e. The zero-order valence-corrected chi connectivity index (χ0v) is 11.6. The second-order valence-electron chi connectivity index (χ2n) is 4.61. The normalized spacial score (nSPS) is 11.7. The van der Waals surface area contributed by atoms with Gasteiger partial charge in [0, 0.05) is 18.5 Å². The second-order valence-corrected chi connectivity index (χ2v) is 4.61. The minimum Gasteiger partial charge on any atom is -0.480 e. The Balaban J connectivity index is 3.09. The Kier molecular flexibility index (Phi) is 5.07. The topological polar surface area (TPSA) is 114 Å². The third-order valence-corrected chi connectivity index (χ3v) is 2.76. The van der Waals surface area contributed by atoms with Gasteiger partial charge in [0.25, 0.3) is 11.6 Å². The van der Waals surface area contributed by atoms with E-state index < -0.39 is 22.8 Å². The van der Waals surface area contributed by atoms with Crippen molar-refractivity contribution in [2.75, 3.05) is 0 Å². The van der Waals surface area contributed by atoms with E-state index in [1.807, 2.05) is 0 Å². The van der Waals surface area contributed by atoms with Crippen LogP contribution in [0.15, 0.2) is 12.3 Å². The van der Waals surface area contributed by atoms with Gasteiger partial charge in [-0.05, 0) is 13.8 Å². The maximum Gasteiger partial charge on any atom is 0.327 e. The number of nitrogens with zero attached hydrogens (tertiary/aromatic N) is 2. The van der Waals surface area contributed by atoms with Crippen molar-refractivity contribution >= 4 is 17.6 Å². The number of aliphatic carboxylic acids is 1. The molecule has 0 saturated carbocycles. The summed E-state index contributed by atoms with van der Waals surface area (Å²) in [5, 5.41) is 22.0. The molecule has 1 atom stereocenters. The van der Waals surface area contributed by atoms with Crippen LogP contribution in [0.5, 0.6) is 0 Å². The van der Waals surface area contributed by atoms with E-state index in [1.165, 1.54) is 10.8 Å². The summed E-state index contributed by atoms with van der Waals surface area (Å²) in [6.07, 6.45) is 6.10. The lowest BCUT2D eigenvalue weighted by Gasteiger charge is -2.15. The van der Waals surface area contributed by atoms with Crippen molar-refractivity contribution in [1.29, 1.82) is 0 Å². The van der Waals surface area contributed by atoms with Crippen molar-refractivity contribution in [1.82, 2.24) is 9.88 Å². The number of amides is 1. The Morgan fingerprint density at radius 3 is 2.62 bits per heavy atom. The average molecular weight is 293 g/mol. The van der Waals surface area contributed by atoms with E-state index in [2.05, 4.69) is 11.2 Å². The molecule has 0 aromatic carbocycles. The van der Waals surface area contributed by atoms with Crippen LogP contribution in [0.1, 0.15) is 36.8 Å². The van der Waals surface area contributed by atoms with Crippen molar-refractivity contribution in [3.05, 3.63) is 28.1 Å². The molecular weight excluding hydrogens is 278 g/mol. The van der Waals surface area contributed by atoms with E-state index in [0.717, 1.165) is 6.07 Å². The first-order valence-corrected chi connectivity index (χ1v) is 6.11. The average Bonchev–Trinajstić information content (AvgIpc) is 2.83. The van der Waals surface area contributed by atoms with Gasteiger partial charge in [-0.1, -0.05) is 0 Å². The number of hydrogen-bond acceptors (Lipinski definition) is 4. The fourth-order valence-electron chi connectivity index (χ4n) is 1.72. The van der Waals surface area contributed by atoms with Gasteiger partial charge < -0.3 is 15.0 Å². The molecule has 0 aliphatic carbocycles.